The fraction of sp³-hybridized carbons (Fsp3) is 0.900. The molecule has 0 unspecified atom stereocenters. The van der Waals surface area contributed by atoms with Gasteiger partial charge in [-0.15, -0.1) is 0 Å². The van der Waals surface area contributed by atoms with Crippen LogP contribution in [0, 0.1) is 58.2 Å². The van der Waals surface area contributed by atoms with Gasteiger partial charge >= 0.3 is 0 Å². The molecule has 42 heavy (non-hydrogen) atoms. The van der Waals surface area contributed by atoms with Crippen molar-refractivity contribution in [1.29, 1.82) is 0 Å². The summed E-state index contributed by atoms with van der Waals surface area (Å²) in [6.45, 7) is 23.7. The number of allylic oxidation sites excluding steroid dienone is 4. The minimum atomic E-state index is -0.130. The Kier molecular flexibility index (Phi) is 15.9. The van der Waals surface area contributed by atoms with E-state index in [9.17, 15) is 10.2 Å². The standard InChI is InChI=1S/C40H74O2/c1-29(17-13-19-31(3)21-23-37-33(5)25-35(41)27-39(37,7)8)15-11-12-16-30(2)18-14-20-32(4)22-24-38-34(6)26-36(42)28-40(38,9)10/h13,17,21,23,29-38,41-42H,11-12,14-16,18-20,22,24-28H2,1-10H3/b17-13-,23-21-/t29-,30-,31+,32+,33+,34+,35-,36-,37+,38-/m0/s1. The average molecular weight is 587 g/mol. The largest absolute Gasteiger partial charge is 0.393 e. The molecular weight excluding hydrogens is 512 g/mol. The van der Waals surface area contributed by atoms with E-state index in [0.717, 1.165) is 49.9 Å². The molecule has 0 spiro atoms. The normalized spacial score (nSPS) is 32.7. The Morgan fingerprint density at radius 1 is 0.667 bits per heavy atom. The third-order valence-electron chi connectivity index (χ3n) is 11.6. The minimum Gasteiger partial charge on any atom is -0.393 e. The zero-order valence-corrected chi connectivity index (χ0v) is 29.9. The Balaban J connectivity index is 1.54. The Morgan fingerprint density at radius 3 is 1.83 bits per heavy atom. The van der Waals surface area contributed by atoms with E-state index in [4.69, 9.17) is 0 Å². The molecule has 0 aromatic carbocycles. The summed E-state index contributed by atoms with van der Waals surface area (Å²) in [4.78, 5) is 0. The van der Waals surface area contributed by atoms with Crippen LogP contribution in [0.3, 0.4) is 0 Å². The third kappa shape index (κ3) is 13.2. The molecule has 0 aromatic rings. The molecule has 0 heterocycles. The van der Waals surface area contributed by atoms with E-state index < -0.39 is 0 Å². The van der Waals surface area contributed by atoms with Gasteiger partial charge in [0, 0.05) is 0 Å². The van der Waals surface area contributed by atoms with Crippen molar-refractivity contribution >= 4 is 0 Å². The molecule has 2 rings (SSSR count). The topological polar surface area (TPSA) is 40.5 Å². The maximum absolute atomic E-state index is 10.2. The molecule has 2 N–H and O–H groups in total. The lowest BCUT2D eigenvalue weighted by Gasteiger charge is -2.45. The lowest BCUT2D eigenvalue weighted by molar-refractivity contribution is -0.0174. The molecule has 2 aliphatic carbocycles. The van der Waals surface area contributed by atoms with Gasteiger partial charge in [-0.05, 0) is 103 Å². The monoisotopic (exact) mass is 587 g/mol. The van der Waals surface area contributed by atoms with E-state index >= 15 is 0 Å². The van der Waals surface area contributed by atoms with Crippen LogP contribution < -0.4 is 0 Å². The number of hydrogen-bond acceptors (Lipinski definition) is 2. The number of aliphatic hydroxyl groups is 2. The lowest BCUT2D eigenvalue weighted by atomic mass is 9.61. The Hall–Kier alpha value is -0.600. The second-order valence-corrected chi connectivity index (χ2v) is 17.3. The molecule has 2 nitrogen and oxygen atoms in total. The van der Waals surface area contributed by atoms with Crippen molar-refractivity contribution in [2.45, 2.75) is 171 Å². The average Bonchev–Trinajstić information content (AvgIpc) is 2.84. The number of rotatable bonds is 17. The SMILES string of the molecule is C[C@@H](CCCC[C@H](C)/C=C\C[C@@H](C)/C=C\[C@@H]1[C@H](C)C[C@H](O)CC1(C)C)CCC[C@@H](C)CC[C@H]1[C@H](C)C[C@H](O)CC1(C)C. The molecular formula is C40H74O2. The highest BCUT2D eigenvalue weighted by molar-refractivity contribution is 5.04. The van der Waals surface area contributed by atoms with Crippen LogP contribution in [-0.4, -0.2) is 22.4 Å². The van der Waals surface area contributed by atoms with E-state index in [0.29, 0.717) is 29.6 Å². The predicted molar refractivity (Wildman–Crippen MR) is 184 cm³/mol. The molecule has 2 aliphatic rings. The summed E-state index contributed by atoms with van der Waals surface area (Å²) >= 11 is 0. The Bertz CT molecular complexity index is 793. The van der Waals surface area contributed by atoms with Crippen LogP contribution in [0.15, 0.2) is 24.3 Å². The smallest absolute Gasteiger partial charge is 0.0548 e. The number of hydrogen-bond donors (Lipinski definition) is 2. The van der Waals surface area contributed by atoms with Gasteiger partial charge in [-0.2, -0.15) is 0 Å². The van der Waals surface area contributed by atoms with Gasteiger partial charge in [0.2, 0.25) is 0 Å². The van der Waals surface area contributed by atoms with Gasteiger partial charge in [0.05, 0.1) is 12.2 Å². The van der Waals surface area contributed by atoms with Crippen LogP contribution in [0.1, 0.15) is 159 Å². The molecule has 0 bridgehead atoms. The van der Waals surface area contributed by atoms with Gasteiger partial charge < -0.3 is 10.2 Å². The molecule has 246 valence electrons. The summed E-state index contributed by atoms with van der Waals surface area (Å²) in [5.41, 5.74) is 0.469. The molecule has 2 heteroatoms. The first-order valence-electron chi connectivity index (χ1n) is 18.3. The van der Waals surface area contributed by atoms with E-state index in [1.165, 1.54) is 57.8 Å². The van der Waals surface area contributed by atoms with E-state index in [1.807, 2.05) is 0 Å². The van der Waals surface area contributed by atoms with Crippen LogP contribution >= 0.6 is 0 Å². The van der Waals surface area contributed by atoms with Crippen molar-refractivity contribution in [2.24, 2.45) is 58.2 Å². The summed E-state index contributed by atoms with van der Waals surface area (Å²) in [6, 6.07) is 0. The van der Waals surface area contributed by atoms with Crippen molar-refractivity contribution in [2.75, 3.05) is 0 Å². The first-order chi connectivity index (χ1) is 19.6. The van der Waals surface area contributed by atoms with Crippen molar-refractivity contribution < 1.29 is 10.2 Å². The van der Waals surface area contributed by atoms with Crippen LogP contribution in [0.5, 0.6) is 0 Å². The maximum atomic E-state index is 10.2. The van der Waals surface area contributed by atoms with Gasteiger partial charge in [0.1, 0.15) is 0 Å². The van der Waals surface area contributed by atoms with Gasteiger partial charge in [-0.3, -0.25) is 0 Å². The lowest BCUT2D eigenvalue weighted by Crippen LogP contribution is -2.40. The summed E-state index contributed by atoms with van der Waals surface area (Å²) in [5, 5.41) is 20.4. The first kappa shape index (κ1) is 37.6. The second-order valence-electron chi connectivity index (χ2n) is 17.3. The molecule has 0 amide bonds. The highest BCUT2D eigenvalue weighted by atomic mass is 16.3. The molecule has 0 radical (unpaired) electrons. The third-order valence-corrected chi connectivity index (χ3v) is 11.6. The van der Waals surface area contributed by atoms with Crippen LogP contribution in [-0.2, 0) is 0 Å². The van der Waals surface area contributed by atoms with Crippen LogP contribution in [0.25, 0.3) is 0 Å². The zero-order chi connectivity index (χ0) is 31.5. The zero-order valence-electron chi connectivity index (χ0n) is 29.9. The summed E-state index contributed by atoms with van der Waals surface area (Å²) in [7, 11) is 0. The molecule has 0 aromatic heterocycles. The van der Waals surface area contributed by atoms with Crippen molar-refractivity contribution in [3.8, 4) is 0 Å². The van der Waals surface area contributed by atoms with Crippen LogP contribution in [0.2, 0.25) is 0 Å². The van der Waals surface area contributed by atoms with Gasteiger partial charge in [-0.1, -0.05) is 138 Å². The second kappa shape index (κ2) is 17.8. The quantitative estimate of drug-likeness (QED) is 0.131. The minimum absolute atomic E-state index is 0.0903. The maximum Gasteiger partial charge on any atom is 0.0548 e. The van der Waals surface area contributed by atoms with Crippen molar-refractivity contribution in [3.63, 3.8) is 0 Å². The fourth-order valence-corrected chi connectivity index (χ4v) is 9.04. The van der Waals surface area contributed by atoms with Gasteiger partial charge in [0.25, 0.3) is 0 Å². The number of unbranched alkanes of at least 4 members (excludes halogenated alkanes) is 1. The highest BCUT2D eigenvalue weighted by Gasteiger charge is 2.40. The van der Waals surface area contributed by atoms with Gasteiger partial charge in [-0.25, -0.2) is 0 Å². The van der Waals surface area contributed by atoms with Gasteiger partial charge in [0.15, 0.2) is 0 Å². The van der Waals surface area contributed by atoms with E-state index in [-0.39, 0.29) is 23.0 Å². The molecule has 0 saturated heterocycles. The highest BCUT2D eigenvalue weighted by Crippen LogP contribution is 2.47. The molecule has 2 saturated carbocycles. The first-order valence-corrected chi connectivity index (χ1v) is 18.3. The summed E-state index contributed by atoms with van der Waals surface area (Å²) in [5.74, 6) is 5.47. The predicted octanol–water partition coefficient (Wildman–Crippen LogP) is 11.4. The Labute approximate surface area is 263 Å². The molecule has 0 aliphatic heterocycles. The molecule has 10 atom stereocenters. The molecule has 2 fully saturated rings. The fourth-order valence-electron chi connectivity index (χ4n) is 9.04. The van der Waals surface area contributed by atoms with E-state index in [2.05, 4.69) is 93.5 Å². The Morgan fingerprint density at radius 2 is 1.21 bits per heavy atom. The van der Waals surface area contributed by atoms with Crippen LogP contribution in [0.4, 0.5) is 0 Å². The van der Waals surface area contributed by atoms with Crippen molar-refractivity contribution in [1.82, 2.24) is 0 Å². The van der Waals surface area contributed by atoms with Crippen molar-refractivity contribution in [3.05, 3.63) is 24.3 Å². The number of aliphatic hydroxyl groups excluding tert-OH is 2. The summed E-state index contributed by atoms with van der Waals surface area (Å²) in [6.07, 6.45) is 26.8. The summed E-state index contributed by atoms with van der Waals surface area (Å²) < 4.78 is 0. The van der Waals surface area contributed by atoms with E-state index in [1.54, 1.807) is 0 Å².